The van der Waals surface area contributed by atoms with Crippen molar-refractivity contribution >= 4 is 11.5 Å². The molecule has 3 rings (SSSR count). The van der Waals surface area contributed by atoms with E-state index in [0.717, 1.165) is 0 Å². The van der Waals surface area contributed by atoms with E-state index in [-0.39, 0.29) is 0 Å². The van der Waals surface area contributed by atoms with Gasteiger partial charge in [-0.05, 0) is 24.6 Å². The van der Waals surface area contributed by atoms with E-state index >= 15 is 0 Å². The van der Waals surface area contributed by atoms with Gasteiger partial charge in [-0.2, -0.15) is 4.98 Å². The summed E-state index contributed by atoms with van der Waals surface area (Å²) in [7, 11) is 1.96. The van der Waals surface area contributed by atoms with Crippen LogP contribution in [0.25, 0.3) is 0 Å². The van der Waals surface area contributed by atoms with Gasteiger partial charge in [0.1, 0.15) is 17.3 Å². The smallest absolute Gasteiger partial charge is 0.248 e. The third-order valence-electron chi connectivity index (χ3n) is 3.58. The van der Waals surface area contributed by atoms with E-state index in [2.05, 4.69) is 22.1 Å². The minimum Gasteiger partial charge on any atom is -0.437 e. The number of para-hydroxylation sites is 1. The lowest BCUT2D eigenvalue weighted by atomic mass is 10.2. The molecule has 2 N–H and O–H groups in total. The van der Waals surface area contributed by atoms with Crippen LogP contribution in [0.1, 0.15) is 11.4 Å². The van der Waals surface area contributed by atoms with Gasteiger partial charge in [-0.3, -0.25) is 0 Å². The standard InChI is InChI=1S/C19H20N4O/c1-14-21-18(23(2)13-15-9-5-3-6-10-15)17(20)19(22-14)24-16-11-7-4-8-12-16/h3-12H,13,20H2,1-2H3. The molecule has 1 aromatic heterocycles. The van der Waals surface area contributed by atoms with Gasteiger partial charge in [0.25, 0.3) is 0 Å². The molecule has 5 heteroatoms. The van der Waals surface area contributed by atoms with Crippen molar-refractivity contribution in [3.8, 4) is 11.6 Å². The number of hydrogen-bond donors (Lipinski definition) is 1. The Morgan fingerprint density at radius 1 is 0.958 bits per heavy atom. The Morgan fingerprint density at radius 3 is 2.25 bits per heavy atom. The van der Waals surface area contributed by atoms with Gasteiger partial charge in [-0.25, -0.2) is 4.98 Å². The van der Waals surface area contributed by atoms with Crippen LogP contribution in [0.2, 0.25) is 0 Å². The van der Waals surface area contributed by atoms with Crippen LogP contribution in [-0.4, -0.2) is 17.0 Å². The lowest BCUT2D eigenvalue weighted by Crippen LogP contribution is -2.20. The fraction of sp³-hybridized carbons (Fsp3) is 0.158. The number of benzene rings is 2. The van der Waals surface area contributed by atoms with Gasteiger partial charge >= 0.3 is 0 Å². The summed E-state index contributed by atoms with van der Waals surface area (Å²) in [6, 6.07) is 19.6. The molecule has 0 fully saturated rings. The van der Waals surface area contributed by atoms with Gasteiger partial charge in [-0.1, -0.05) is 48.5 Å². The normalized spacial score (nSPS) is 10.4. The van der Waals surface area contributed by atoms with E-state index in [1.807, 2.05) is 67.4 Å². The second kappa shape index (κ2) is 7.00. The molecule has 2 aromatic carbocycles. The monoisotopic (exact) mass is 320 g/mol. The zero-order valence-corrected chi connectivity index (χ0v) is 13.8. The molecule has 0 unspecified atom stereocenters. The Labute approximate surface area is 141 Å². The van der Waals surface area contributed by atoms with Crippen molar-refractivity contribution in [3.05, 3.63) is 72.1 Å². The van der Waals surface area contributed by atoms with Crippen LogP contribution < -0.4 is 15.4 Å². The van der Waals surface area contributed by atoms with Crippen molar-refractivity contribution in [2.45, 2.75) is 13.5 Å². The summed E-state index contributed by atoms with van der Waals surface area (Å²) in [5, 5.41) is 0. The molecule has 0 saturated carbocycles. The highest BCUT2D eigenvalue weighted by atomic mass is 16.5. The Morgan fingerprint density at radius 2 is 1.58 bits per heavy atom. The molecular formula is C19H20N4O. The number of nitrogen functional groups attached to an aromatic ring is 1. The SMILES string of the molecule is Cc1nc(Oc2ccccc2)c(N)c(N(C)Cc2ccccc2)n1. The largest absolute Gasteiger partial charge is 0.437 e. The summed E-state index contributed by atoms with van der Waals surface area (Å²) in [6.45, 7) is 2.53. The fourth-order valence-electron chi connectivity index (χ4n) is 2.44. The number of rotatable bonds is 5. The predicted molar refractivity (Wildman–Crippen MR) is 96.2 cm³/mol. The van der Waals surface area contributed by atoms with Gasteiger partial charge in [-0.15, -0.1) is 0 Å². The van der Waals surface area contributed by atoms with Gasteiger partial charge in [0.05, 0.1) is 0 Å². The first-order valence-electron chi connectivity index (χ1n) is 7.75. The summed E-state index contributed by atoms with van der Waals surface area (Å²) in [4.78, 5) is 10.8. The van der Waals surface area contributed by atoms with Crippen LogP contribution in [0.3, 0.4) is 0 Å². The number of aryl methyl sites for hydroxylation is 1. The predicted octanol–water partition coefficient (Wildman–Crippen LogP) is 3.80. The van der Waals surface area contributed by atoms with Crippen LogP contribution in [0.15, 0.2) is 60.7 Å². The molecule has 0 atom stereocenters. The maximum Gasteiger partial charge on any atom is 0.248 e. The number of aromatic nitrogens is 2. The summed E-state index contributed by atoms with van der Waals surface area (Å²) < 4.78 is 5.83. The van der Waals surface area contributed by atoms with Gasteiger partial charge in [0.2, 0.25) is 5.88 Å². The molecule has 1 heterocycles. The molecule has 0 spiro atoms. The molecule has 0 radical (unpaired) electrons. The molecule has 122 valence electrons. The Bertz CT molecular complexity index is 806. The van der Waals surface area contributed by atoms with Crippen LogP contribution in [0.4, 0.5) is 11.5 Å². The summed E-state index contributed by atoms with van der Waals surface area (Å²) in [6.07, 6.45) is 0. The number of nitrogens with two attached hydrogens (primary N) is 1. The van der Waals surface area contributed by atoms with Crippen LogP contribution in [-0.2, 0) is 6.54 Å². The molecule has 24 heavy (non-hydrogen) atoms. The summed E-state index contributed by atoms with van der Waals surface area (Å²) in [5.74, 6) is 2.35. The number of nitrogens with zero attached hydrogens (tertiary/aromatic N) is 3. The quantitative estimate of drug-likeness (QED) is 0.774. The topological polar surface area (TPSA) is 64.3 Å². The van der Waals surface area contributed by atoms with Crippen molar-refractivity contribution in [2.75, 3.05) is 17.7 Å². The minimum atomic E-state index is 0.378. The Balaban J connectivity index is 1.88. The first-order valence-corrected chi connectivity index (χ1v) is 7.75. The lowest BCUT2D eigenvalue weighted by molar-refractivity contribution is 0.462. The molecule has 0 aliphatic heterocycles. The second-order valence-electron chi connectivity index (χ2n) is 5.57. The van der Waals surface area contributed by atoms with Crippen LogP contribution in [0, 0.1) is 6.92 Å². The molecular weight excluding hydrogens is 300 g/mol. The Kier molecular flexibility index (Phi) is 4.61. The van der Waals surface area contributed by atoms with Gasteiger partial charge < -0.3 is 15.4 Å². The average Bonchev–Trinajstić information content (AvgIpc) is 2.59. The van der Waals surface area contributed by atoms with E-state index in [1.165, 1.54) is 5.56 Å². The maximum absolute atomic E-state index is 6.26. The molecule has 0 amide bonds. The Hall–Kier alpha value is -3.08. The third kappa shape index (κ3) is 3.63. The molecule has 0 saturated heterocycles. The van der Waals surface area contributed by atoms with Crippen molar-refractivity contribution in [3.63, 3.8) is 0 Å². The highest BCUT2D eigenvalue weighted by Gasteiger charge is 2.16. The van der Waals surface area contributed by atoms with E-state index in [4.69, 9.17) is 10.5 Å². The molecule has 5 nitrogen and oxygen atoms in total. The second-order valence-corrected chi connectivity index (χ2v) is 5.57. The third-order valence-corrected chi connectivity index (χ3v) is 3.58. The van der Waals surface area contributed by atoms with Crippen molar-refractivity contribution < 1.29 is 4.74 Å². The first kappa shape index (κ1) is 15.8. The van der Waals surface area contributed by atoms with Crippen LogP contribution in [0.5, 0.6) is 11.6 Å². The van der Waals surface area contributed by atoms with Crippen molar-refractivity contribution in [2.24, 2.45) is 0 Å². The molecule has 3 aromatic rings. The zero-order chi connectivity index (χ0) is 16.9. The maximum atomic E-state index is 6.26. The molecule has 0 aliphatic rings. The van der Waals surface area contributed by atoms with E-state index in [0.29, 0.717) is 35.5 Å². The van der Waals surface area contributed by atoms with E-state index < -0.39 is 0 Å². The molecule has 0 bridgehead atoms. The number of anilines is 2. The molecule has 0 aliphatic carbocycles. The van der Waals surface area contributed by atoms with Gasteiger partial charge in [0, 0.05) is 13.6 Å². The van der Waals surface area contributed by atoms with E-state index in [1.54, 1.807) is 0 Å². The minimum absolute atomic E-state index is 0.378. The van der Waals surface area contributed by atoms with Crippen molar-refractivity contribution in [1.82, 2.24) is 9.97 Å². The summed E-state index contributed by atoms with van der Waals surface area (Å²) in [5.41, 5.74) is 7.88. The van der Waals surface area contributed by atoms with Crippen LogP contribution >= 0.6 is 0 Å². The highest BCUT2D eigenvalue weighted by molar-refractivity contribution is 5.68. The highest BCUT2D eigenvalue weighted by Crippen LogP contribution is 2.32. The van der Waals surface area contributed by atoms with E-state index in [9.17, 15) is 0 Å². The van der Waals surface area contributed by atoms with Crippen molar-refractivity contribution in [1.29, 1.82) is 0 Å². The first-order chi connectivity index (χ1) is 11.6. The lowest BCUT2D eigenvalue weighted by Gasteiger charge is -2.21. The zero-order valence-electron chi connectivity index (χ0n) is 13.8. The number of ether oxygens (including phenoxy) is 1. The fourth-order valence-corrected chi connectivity index (χ4v) is 2.44. The van der Waals surface area contributed by atoms with Gasteiger partial charge in [0.15, 0.2) is 5.82 Å². The summed E-state index contributed by atoms with van der Waals surface area (Å²) >= 11 is 0. The average molecular weight is 320 g/mol. The number of hydrogen-bond acceptors (Lipinski definition) is 5.